The molecule has 19 heavy (non-hydrogen) atoms. The van der Waals surface area contributed by atoms with E-state index in [9.17, 15) is 0 Å². The van der Waals surface area contributed by atoms with Gasteiger partial charge in [-0.05, 0) is 42.2 Å². The monoisotopic (exact) mass is 258 g/mol. The molecule has 0 aliphatic heterocycles. The Kier molecular flexibility index (Phi) is 4.25. The predicted octanol–water partition coefficient (Wildman–Crippen LogP) is 4.19. The van der Waals surface area contributed by atoms with Crippen LogP contribution in [-0.4, -0.2) is 18.6 Å². The van der Waals surface area contributed by atoms with Crippen LogP contribution in [0, 0.1) is 0 Å². The van der Waals surface area contributed by atoms with Crippen LogP contribution in [0.3, 0.4) is 0 Å². The summed E-state index contributed by atoms with van der Waals surface area (Å²) in [7, 11) is 1.92. The number of nitrogens with one attached hydrogen (secondary N) is 1. The molecule has 0 spiro atoms. The van der Waals surface area contributed by atoms with Crippen LogP contribution in [0.25, 0.3) is 10.9 Å². The lowest BCUT2D eigenvalue weighted by molar-refractivity contribution is 0.318. The number of benzene rings is 1. The highest BCUT2D eigenvalue weighted by Crippen LogP contribution is 2.28. The molecule has 0 aliphatic rings. The van der Waals surface area contributed by atoms with E-state index in [2.05, 4.69) is 43.2 Å². The number of fused-ring (bicyclic) bond motifs is 1. The molecule has 0 unspecified atom stereocenters. The Labute approximate surface area is 115 Å². The van der Waals surface area contributed by atoms with E-state index in [1.54, 1.807) is 0 Å². The summed E-state index contributed by atoms with van der Waals surface area (Å²) in [5.41, 5.74) is 2.24. The Morgan fingerprint density at radius 3 is 2.68 bits per heavy atom. The minimum Gasteiger partial charge on any atom is -0.494 e. The average molecular weight is 258 g/mol. The molecule has 102 valence electrons. The Balaban J connectivity index is 2.46. The smallest absolute Gasteiger partial charge is 0.129 e. The third-order valence-electron chi connectivity index (χ3n) is 3.15. The SMILES string of the molecule is CCCOc1ccc2nc(NC)c(C(C)C)cc2c1. The number of hydrogen-bond acceptors (Lipinski definition) is 3. The van der Waals surface area contributed by atoms with Gasteiger partial charge in [-0.15, -0.1) is 0 Å². The largest absolute Gasteiger partial charge is 0.494 e. The molecule has 0 saturated heterocycles. The fourth-order valence-electron chi connectivity index (χ4n) is 2.12. The van der Waals surface area contributed by atoms with Crippen LogP contribution in [0.2, 0.25) is 0 Å². The minimum absolute atomic E-state index is 0.444. The van der Waals surface area contributed by atoms with Gasteiger partial charge in [-0.1, -0.05) is 20.8 Å². The number of ether oxygens (including phenoxy) is 1. The summed E-state index contributed by atoms with van der Waals surface area (Å²) in [6, 6.07) is 8.28. The van der Waals surface area contributed by atoms with Gasteiger partial charge in [0.15, 0.2) is 0 Å². The predicted molar refractivity (Wildman–Crippen MR) is 81.2 cm³/mol. The zero-order valence-corrected chi connectivity index (χ0v) is 12.2. The van der Waals surface area contributed by atoms with Crippen molar-refractivity contribution in [2.45, 2.75) is 33.1 Å². The highest BCUT2D eigenvalue weighted by atomic mass is 16.5. The van der Waals surface area contributed by atoms with Crippen LogP contribution in [0.1, 0.15) is 38.7 Å². The van der Waals surface area contributed by atoms with Crippen molar-refractivity contribution in [3.8, 4) is 5.75 Å². The second-order valence-electron chi connectivity index (χ2n) is 5.03. The van der Waals surface area contributed by atoms with Gasteiger partial charge >= 0.3 is 0 Å². The third kappa shape index (κ3) is 2.98. The number of nitrogens with zero attached hydrogens (tertiary/aromatic N) is 1. The van der Waals surface area contributed by atoms with Crippen LogP contribution in [-0.2, 0) is 0 Å². The van der Waals surface area contributed by atoms with Gasteiger partial charge in [-0.3, -0.25) is 0 Å². The zero-order valence-electron chi connectivity index (χ0n) is 12.2. The highest BCUT2D eigenvalue weighted by molar-refractivity contribution is 5.83. The maximum absolute atomic E-state index is 5.68. The zero-order chi connectivity index (χ0) is 13.8. The lowest BCUT2D eigenvalue weighted by Gasteiger charge is -2.13. The molecule has 1 aromatic carbocycles. The molecule has 1 N–H and O–H groups in total. The van der Waals surface area contributed by atoms with E-state index in [-0.39, 0.29) is 0 Å². The van der Waals surface area contributed by atoms with Crippen LogP contribution in [0.4, 0.5) is 5.82 Å². The molecule has 0 saturated carbocycles. The molecular weight excluding hydrogens is 236 g/mol. The standard InChI is InChI=1S/C16H22N2O/c1-5-8-19-13-6-7-15-12(9-13)10-14(11(2)3)16(17-4)18-15/h6-7,9-11H,5,8H2,1-4H3,(H,17,18). The summed E-state index contributed by atoms with van der Waals surface area (Å²) >= 11 is 0. The van der Waals surface area contributed by atoms with Crippen LogP contribution in [0.5, 0.6) is 5.75 Å². The molecule has 0 amide bonds. The van der Waals surface area contributed by atoms with E-state index < -0.39 is 0 Å². The van der Waals surface area contributed by atoms with Gasteiger partial charge in [0.25, 0.3) is 0 Å². The third-order valence-corrected chi connectivity index (χ3v) is 3.15. The van der Waals surface area contributed by atoms with Gasteiger partial charge in [0, 0.05) is 12.4 Å². The van der Waals surface area contributed by atoms with Crippen molar-refractivity contribution in [1.82, 2.24) is 4.98 Å². The molecule has 2 rings (SSSR count). The second-order valence-corrected chi connectivity index (χ2v) is 5.03. The molecule has 1 heterocycles. The first kappa shape index (κ1) is 13.7. The first-order valence-electron chi connectivity index (χ1n) is 6.91. The van der Waals surface area contributed by atoms with Crippen LogP contribution < -0.4 is 10.1 Å². The lowest BCUT2D eigenvalue weighted by atomic mass is 10.0. The van der Waals surface area contributed by atoms with E-state index in [1.807, 2.05) is 19.2 Å². The Hall–Kier alpha value is -1.77. The van der Waals surface area contributed by atoms with Crippen LogP contribution in [0.15, 0.2) is 24.3 Å². The van der Waals surface area contributed by atoms with E-state index in [0.717, 1.165) is 35.5 Å². The quantitative estimate of drug-likeness (QED) is 0.873. The van der Waals surface area contributed by atoms with Crippen LogP contribution >= 0.6 is 0 Å². The Morgan fingerprint density at radius 1 is 1.26 bits per heavy atom. The highest BCUT2D eigenvalue weighted by Gasteiger charge is 2.09. The van der Waals surface area contributed by atoms with Crippen molar-refractivity contribution in [3.05, 3.63) is 29.8 Å². The number of pyridine rings is 1. The number of anilines is 1. The van der Waals surface area contributed by atoms with Crippen molar-refractivity contribution in [3.63, 3.8) is 0 Å². The van der Waals surface area contributed by atoms with Crippen molar-refractivity contribution in [2.75, 3.05) is 19.0 Å². The summed E-state index contributed by atoms with van der Waals surface area (Å²) in [6.45, 7) is 7.23. The molecule has 3 heteroatoms. The minimum atomic E-state index is 0.444. The summed E-state index contributed by atoms with van der Waals surface area (Å²) in [5.74, 6) is 2.33. The van der Waals surface area contributed by atoms with Crippen molar-refractivity contribution in [1.29, 1.82) is 0 Å². The molecular formula is C16H22N2O. The van der Waals surface area contributed by atoms with Crippen molar-refractivity contribution >= 4 is 16.7 Å². The maximum atomic E-state index is 5.68. The summed E-state index contributed by atoms with van der Waals surface area (Å²) in [6.07, 6.45) is 1.02. The normalized spacial score (nSPS) is 11.0. The number of rotatable bonds is 5. The fourth-order valence-corrected chi connectivity index (χ4v) is 2.12. The molecule has 0 radical (unpaired) electrons. The molecule has 0 atom stereocenters. The molecule has 0 aliphatic carbocycles. The van der Waals surface area contributed by atoms with Gasteiger partial charge in [0.2, 0.25) is 0 Å². The molecule has 0 fully saturated rings. The van der Waals surface area contributed by atoms with E-state index >= 15 is 0 Å². The molecule has 3 nitrogen and oxygen atoms in total. The Bertz CT molecular complexity index is 564. The van der Waals surface area contributed by atoms with Gasteiger partial charge in [-0.25, -0.2) is 4.98 Å². The van der Waals surface area contributed by atoms with Gasteiger partial charge in [-0.2, -0.15) is 0 Å². The molecule has 2 aromatic rings. The van der Waals surface area contributed by atoms with E-state index in [1.165, 1.54) is 5.56 Å². The number of aromatic nitrogens is 1. The average Bonchev–Trinajstić information content (AvgIpc) is 2.43. The van der Waals surface area contributed by atoms with Gasteiger partial charge < -0.3 is 10.1 Å². The van der Waals surface area contributed by atoms with Gasteiger partial charge in [0.05, 0.1) is 12.1 Å². The van der Waals surface area contributed by atoms with Crippen molar-refractivity contribution in [2.24, 2.45) is 0 Å². The molecule has 0 bridgehead atoms. The summed E-state index contributed by atoms with van der Waals surface area (Å²) in [4.78, 5) is 4.67. The first-order chi connectivity index (χ1) is 9.15. The van der Waals surface area contributed by atoms with E-state index in [0.29, 0.717) is 5.92 Å². The topological polar surface area (TPSA) is 34.1 Å². The second kappa shape index (κ2) is 5.91. The first-order valence-corrected chi connectivity index (χ1v) is 6.91. The van der Waals surface area contributed by atoms with Crippen molar-refractivity contribution < 1.29 is 4.74 Å². The Morgan fingerprint density at radius 2 is 2.05 bits per heavy atom. The summed E-state index contributed by atoms with van der Waals surface area (Å²) in [5, 5.41) is 4.31. The summed E-state index contributed by atoms with van der Waals surface area (Å²) < 4.78 is 5.68. The number of hydrogen-bond donors (Lipinski definition) is 1. The molecule has 1 aromatic heterocycles. The van der Waals surface area contributed by atoms with Gasteiger partial charge in [0.1, 0.15) is 11.6 Å². The van der Waals surface area contributed by atoms with E-state index in [4.69, 9.17) is 4.74 Å². The lowest BCUT2D eigenvalue weighted by Crippen LogP contribution is -2.01. The fraction of sp³-hybridized carbons (Fsp3) is 0.438. The maximum Gasteiger partial charge on any atom is 0.129 e.